The molecule has 0 aromatic heterocycles. The van der Waals surface area contributed by atoms with E-state index < -0.39 is 5.60 Å². The second-order valence-corrected chi connectivity index (χ2v) is 4.23. The molecular formula is C11H15ClO2. The normalized spacial score (nSPS) is 11.8. The Kier molecular flexibility index (Phi) is 3.53. The summed E-state index contributed by atoms with van der Waals surface area (Å²) >= 11 is 5.87. The first-order valence-corrected chi connectivity index (χ1v) is 4.83. The summed E-state index contributed by atoms with van der Waals surface area (Å²) in [6.45, 7) is 3.95. The Morgan fingerprint density at radius 1 is 1.43 bits per heavy atom. The molecule has 3 heteroatoms. The van der Waals surface area contributed by atoms with Gasteiger partial charge in [0.2, 0.25) is 0 Å². The van der Waals surface area contributed by atoms with Crippen molar-refractivity contribution in [1.82, 2.24) is 0 Å². The van der Waals surface area contributed by atoms with E-state index in [1.807, 2.05) is 6.07 Å². The van der Waals surface area contributed by atoms with Crippen LogP contribution in [-0.4, -0.2) is 12.2 Å². The molecule has 1 aromatic carbocycles. The van der Waals surface area contributed by atoms with Crippen LogP contribution in [0.3, 0.4) is 0 Å². The van der Waals surface area contributed by atoms with Gasteiger partial charge in [-0.05, 0) is 37.1 Å². The summed E-state index contributed by atoms with van der Waals surface area (Å²) in [7, 11) is 1.63. The quantitative estimate of drug-likeness (QED) is 0.839. The highest BCUT2D eigenvalue weighted by Crippen LogP contribution is 2.27. The fourth-order valence-electron chi connectivity index (χ4n) is 1.40. The first kappa shape index (κ1) is 11.5. The Morgan fingerprint density at radius 2 is 2.07 bits per heavy atom. The summed E-state index contributed by atoms with van der Waals surface area (Å²) in [5.74, 6) is 0. The minimum atomic E-state index is -0.890. The van der Waals surface area contributed by atoms with Crippen molar-refractivity contribution in [3.8, 4) is 0 Å². The van der Waals surface area contributed by atoms with Gasteiger partial charge >= 0.3 is 0 Å². The molecule has 0 atom stereocenters. The summed E-state index contributed by atoms with van der Waals surface area (Å²) in [4.78, 5) is 0. The molecule has 1 N–H and O–H groups in total. The van der Waals surface area contributed by atoms with Gasteiger partial charge in [-0.3, -0.25) is 0 Å². The molecule has 0 spiro atoms. The van der Waals surface area contributed by atoms with Crippen LogP contribution in [0.2, 0.25) is 5.02 Å². The summed E-state index contributed by atoms with van der Waals surface area (Å²) in [6, 6.07) is 5.44. The van der Waals surface area contributed by atoms with Crippen LogP contribution in [0.1, 0.15) is 25.0 Å². The van der Waals surface area contributed by atoms with Crippen LogP contribution in [-0.2, 0) is 16.9 Å². The maximum Gasteiger partial charge on any atom is 0.0844 e. The van der Waals surface area contributed by atoms with Crippen LogP contribution >= 0.6 is 11.6 Å². The summed E-state index contributed by atoms with van der Waals surface area (Å²) in [6.07, 6.45) is 0. The van der Waals surface area contributed by atoms with Crippen molar-refractivity contribution in [2.24, 2.45) is 0 Å². The van der Waals surface area contributed by atoms with Gasteiger partial charge in [-0.2, -0.15) is 0 Å². The highest BCUT2D eigenvalue weighted by molar-refractivity contribution is 6.30. The lowest BCUT2D eigenvalue weighted by Gasteiger charge is -2.21. The van der Waals surface area contributed by atoms with Crippen LogP contribution in [0.4, 0.5) is 0 Å². The lowest BCUT2D eigenvalue weighted by molar-refractivity contribution is 0.0747. The topological polar surface area (TPSA) is 29.5 Å². The van der Waals surface area contributed by atoms with Crippen molar-refractivity contribution >= 4 is 11.6 Å². The fourth-order valence-corrected chi connectivity index (χ4v) is 1.57. The molecule has 78 valence electrons. The molecule has 0 aliphatic heterocycles. The number of benzene rings is 1. The van der Waals surface area contributed by atoms with E-state index in [-0.39, 0.29) is 0 Å². The molecule has 0 saturated heterocycles. The highest BCUT2D eigenvalue weighted by Gasteiger charge is 2.19. The SMILES string of the molecule is COCc1ccc(Cl)cc1C(C)(C)O. The Labute approximate surface area is 89.5 Å². The van der Waals surface area contributed by atoms with Crippen molar-refractivity contribution in [3.05, 3.63) is 34.3 Å². The van der Waals surface area contributed by atoms with E-state index in [9.17, 15) is 5.11 Å². The first-order valence-electron chi connectivity index (χ1n) is 4.45. The van der Waals surface area contributed by atoms with E-state index in [4.69, 9.17) is 16.3 Å². The minimum absolute atomic E-state index is 0.483. The van der Waals surface area contributed by atoms with E-state index in [0.717, 1.165) is 11.1 Å². The zero-order chi connectivity index (χ0) is 10.8. The zero-order valence-electron chi connectivity index (χ0n) is 8.67. The molecule has 2 nitrogen and oxygen atoms in total. The lowest BCUT2D eigenvalue weighted by Crippen LogP contribution is -2.18. The largest absolute Gasteiger partial charge is 0.386 e. The third-order valence-corrected chi connectivity index (χ3v) is 2.27. The van der Waals surface area contributed by atoms with Gasteiger partial charge < -0.3 is 9.84 Å². The van der Waals surface area contributed by atoms with Gasteiger partial charge in [0.05, 0.1) is 12.2 Å². The van der Waals surface area contributed by atoms with E-state index >= 15 is 0 Å². The Balaban J connectivity index is 3.16. The van der Waals surface area contributed by atoms with Crippen LogP contribution in [0.5, 0.6) is 0 Å². The molecule has 0 bridgehead atoms. The Hall–Kier alpha value is -0.570. The van der Waals surface area contributed by atoms with Crippen molar-refractivity contribution < 1.29 is 9.84 Å². The van der Waals surface area contributed by atoms with Gasteiger partial charge in [-0.25, -0.2) is 0 Å². The molecule has 0 unspecified atom stereocenters. The van der Waals surface area contributed by atoms with Crippen molar-refractivity contribution in [2.45, 2.75) is 26.1 Å². The monoisotopic (exact) mass is 214 g/mol. The summed E-state index contributed by atoms with van der Waals surface area (Å²) in [5, 5.41) is 10.5. The van der Waals surface area contributed by atoms with Crippen LogP contribution in [0, 0.1) is 0 Å². The average molecular weight is 215 g/mol. The average Bonchev–Trinajstić information content (AvgIpc) is 2.07. The standard InChI is InChI=1S/C11H15ClO2/c1-11(2,13)10-6-9(12)5-4-8(10)7-14-3/h4-6,13H,7H2,1-3H3. The predicted molar refractivity (Wildman–Crippen MR) is 57.4 cm³/mol. The van der Waals surface area contributed by atoms with E-state index in [1.165, 1.54) is 0 Å². The number of hydrogen-bond donors (Lipinski definition) is 1. The Morgan fingerprint density at radius 3 is 2.57 bits per heavy atom. The molecule has 1 rings (SSSR count). The van der Waals surface area contributed by atoms with Crippen LogP contribution < -0.4 is 0 Å². The van der Waals surface area contributed by atoms with Gasteiger partial charge in [-0.15, -0.1) is 0 Å². The minimum Gasteiger partial charge on any atom is -0.386 e. The predicted octanol–water partition coefficient (Wildman–Crippen LogP) is 2.71. The van der Waals surface area contributed by atoms with Gasteiger partial charge in [0.25, 0.3) is 0 Å². The van der Waals surface area contributed by atoms with E-state index in [1.54, 1.807) is 33.1 Å². The van der Waals surface area contributed by atoms with Gasteiger partial charge in [-0.1, -0.05) is 17.7 Å². The molecule has 0 aliphatic rings. The van der Waals surface area contributed by atoms with Crippen LogP contribution in [0.25, 0.3) is 0 Å². The number of ether oxygens (including phenoxy) is 1. The summed E-state index contributed by atoms with van der Waals surface area (Å²) < 4.78 is 5.05. The second-order valence-electron chi connectivity index (χ2n) is 3.79. The molecule has 0 heterocycles. The molecule has 0 radical (unpaired) electrons. The number of hydrogen-bond acceptors (Lipinski definition) is 2. The maximum absolute atomic E-state index is 9.91. The smallest absolute Gasteiger partial charge is 0.0844 e. The third-order valence-electron chi connectivity index (χ3n) is 2.03. The number of halogens is 1. The molecule has 0 aliphatic carbocycles. The van der Waals surface area contributed by atoms with Crippen molar-refractivity contribution in [2.75, 3.05) is 7.11 Å². The summed E-state index contributed by atoms with van der Waals surface area (Å²) in [5.41, 5.74) is 0.884. The molecule has 0 fully saturated rings. The van der Waals surface area contributed by atoms with E-state index in [2.05, 4.69) is 0 Å². The van der Waals surface area contributed by atoms with Crippen LogP contribution in [0.15, 0.2) is 18.2 Å². The molecule has 0 saturated carbocycles. The molecule has 14 heavy (non-hydrogen) atoms. The first-order chi connectivity index (χ1) is 6.45. The zero-order valence-corrected chi connectivity index (χ0v) is 9.43. The van der Waals surface area contributed by atoms with Crippen molar-refractivity contribution in [1.29, 1.82) is 0 Å². The highest BCUT2D eigenvalue weighted by atomic mass is 35.5. The van der Waals surface area contributed by atoms with Gasteiger partial charge in [0.15, 0.2) is 0 Å². The molecule has 1 aromatic rings. The van der Waals surface area contributed by atoms with Crippen molar-refractivity contribution in [3.63, 3.8) is 0 Å². The van der Waals surface area contributed by atoms with Gasteiger partial charge in [0.1, 0.15) is 0 Å². The molecule has 0 amide bonds. The maximum atomic E-state index is 9.91. The number of rotatable bonds is 3. The molecular weight excluding hydrogens is 200 g/mol. The second kappa shape index (κ2) is 4.30. The Bertz CT molecular complexity index is 316. The lowest BCUT2D eigenvalue weighted by atomic mass is 9.93. The van der Waals surface area contributed by atoms with Gasteiger partial charge in [0, 0.05) is 12.1 Å². The number of methoxy groups -OCH3 is 1. The number of aliphatic hydroxyl groups is 1. The van der Waals surface area contributed by atoms with E-state index in [0.29, 0.717) is 11.6 Å². The third kappa shape index (κ3) is 2.71. The fraction of sp³-hybridized carbons (Fsp3) is 0.455.